The van der Waals surface area contributed by atoms with Crippen molar-refractivity contribution in [3.63, 3.8) is 0 Å². The molecule has 2 aromatic rings. The topological polar surface area (TPSA) is 106 Å². The largest absolute Gasteiger partial charge is 0.423 e. The fourth-order valence-electron chi connectivity index (χ4n) is 3.19. The van der Waals surface area contributed by atoms with Crippen LogP contribution in [0.3, 0.4) is 0 Å². The fourth-order valence-corrected chi connectivity index (χ4v) is 3.19. The van der Waals surface area contributed by atoms with Gasteiger partial charge >= 0.3 is 5.63 Å². The summed E-state index contributed by atoms with van der Waals surface area (Å²) in [6.45, 7) is 3.97. The molecule has 7 heteroatoms. The van der Waals surface area contributed by atoms with Gasteiger partial charge in [0.05, 0.1) is 6.04 Å². The van der Waals surface area contributed by atoms with Crippen LogP contribution in [-0.4, -0.2) is 35.3 Å². The second-order valence-electron chi connectivity index (χ2n) is 6.43. The molecule has 0 spiro atoms. The van der Waals surface area contributed by atoms with Crippen molar-refractivity contribution in [1.29, 1.82) is 0 Å². The molecule has 7 nitrogen and oxygen atoms in total. The molecule has 1 saturated heterocycles. The number of rotatable bonds is 3. The molecule has 0 radical (unpaired) electrons. The molecule has 25 heavy (non-hydrogen) atoms. The third-order valence-electron chi connectivity index (χ3n) is 4.45. The Kier molecular flexibility index (Phi) is 4.59. The maximum Gasteiger partial charge on any atom is 0.336 e. The zero-order valence-electron chi connectivity index (χ0n) is 14.2. The van der Waals surface area contributed by atoms with Crippen molar-refractivity contribution < 1.29 is 14.0 Å². The Hall–Kier alpha value is -2.67. The zero-order chi connectivity index (χ0) is 18.1. The zero-order valence-corrected chi connectivity index (χ0v) is 14.2. The predicted octanol–water partition coefficient (Wildman–Crippen LogP) is 1.38. The Morgan fingerprint density at radius 3 is 2.84 bits per heavy atom. The lowest BCUT2D eigenvalue weighted by Gasteiger charge is -2.25. The van der Waals surface area contributed by atoms with Gasteiger partial charge in [0.25, 0.3) is 0 Å². The molecule has 3 N–H and O–H groups in total. The van der Waals surface area contributed by atoms with E-state index in [9.17, 15) is 14.4 Å². The molecular weight excluding hydrogens is 322 g/mol. The van der Waals surface area contributed by atoms with E-state index in [4.69, 9.17) is 10.2 Å². The monoisotopic (exact) mass is 343 g/mol. The van der Waals surface area contributed by atoms with Crippen LogP contribution in [0.4, 0.5) is 5.69 Å². The number of nitrogens with two attached hydrogens (primary N) is 1. The molecule has 0 bridgehead atoms. The molecule has 1 aromatic carbocycles. The standard InChI is InChI=1S/C18H21N3O4/c1-10-8-16(22)25-15-9-12(5-6-13(10)15)20-17(23)14-4-3-7-21(14)18(24)11(2)19/h5-6,8-9,11,14H,3-4,7,19H2,1-2H3,(H,20,23)/t11-,14-/m0/s1. The Labute approximate surface area is 144 Å². The first kappa shape index (κ1) is 17.2. The van der Waals surface area contributed by atoms with Gasteiger partial charge in [0, 0.05) is 29.8 Å². The lowest BCUT2D eigenvalue weighted by Crippen LogP contribution is -2.48. The van der Waals surface area contributed by atoms with Gasteiger partial charge in [0.2, 0.25) is 11.8 Å². The molecule has 1 aliphatic rings. The van der Waals surface area contributed by atoms with Crippen molar-refractivity contribution >= 4 is 28.5 Å². The van der Waals surface area contributed by atoms with E-state index in [0.29, 0.717) is 24.2 Å². The molecule has 2 atom stereocenters. The number of fused-ring (bicyclic) bond motifs is 1. The quantitative estimate of drug-likeness (QED) is 0.819. The molecular formula is C18H21N3O4. The summed E-state index contributed by atoms with van der Waals surface area (Å²) >= 11 is 0. The maximum atomic E-state index is 12.6. The van der Waals surface area contributed by atoms with E-state index >= 15 is 0 Å². The molecule has 0 saturated carbocycles. The predicted molar refractivity (Wildman–Crippen MR) is 94.2 cm³/mol. The first-order chi connectivity index (χ1) is 11.9. The number of anilines is 1. The molecule has 3 rings (SSSR count). The number of likely N-dealkylation sites (tertiary alicyclic amines) is 1. The summed E-state index contributed by atoms with van der Waals surface area (Å²) in [5.74, 6) is -0.487. The van der Waals surface area contributed by atoms with Gasteiger partial charge in [-0.05, 0) is 44.4 Å². The van der Waals surface area contributed by atoms with Crippen LogP contribution < -0.4 is 16.7 Å². The van der Waals surface area contributed by atoms with Gasteiger partial charge < -0.3 is 20.4 Å². The van der Waals surface area contributed by atoms with Crippen LogP contribution in [0.5, 0.6) is 0 Å². The highest BCUT2D eigenvalue weighted by Gasteiger charge is 2.35. The molecule has 0 unspecified atom stereocenters. The van der Waals surface area contributed by atoms with Crippen molar-refractivity contribution in [2.75, 3.05) is 11.9 Å². The third kappa shape index (κ3) is 3.41. The van der Waals surface area contributed by atoms with Crippen LogP contribution in [0.2, 0.25) is 0 Å². The third-order valence-corrected chi connectivity index (χ3v) is 4.45. The van der Waals surface area contributed by atoms with E-state index in [0.717, 1.165) is 17.4 Å². The Balaban J connectivity index is 1.82. The van der Waals surface area contributed by atoms with Crippen molar-refractivity contribution in [2.45, 2.75) is 38.8 Å². The minimum absolute atomic E-state index is 0.224. The van der Waals surface area contributed by atoms with E-state index in [1.807, 2.05) is 6.92 Å². The average Bonchev–Trinajstić information content (AvgIpc) is 3.03. The highest BCUT2D eigenvalue weighted by molar-refractivity contribution is 5.99. The smallest absolute Gasteiger partial charge is 0.336 e. The van der Waals surface area contributed by atoms with Crippen molar-refractivity contribution in [3.8, 4) is 0 Å². The molecule has 2 amide bonds. The molecule has 0 aliphatic carbocycles. The first-order valence-corrected chi connectivity index (χ1v) is 8.28. The second kappa shape index (κ2) is 6.68. The normalized spacial score (nSPS) is 18.4. The van der Waals surface area contributed by atoms with E-state index < -0.39 is 17.7 Å². The second-order valence-corrected chi connectivity index (χ2v) is 6.43. The number of carbonyl (C=O) groups excluding carboxylic acids is 2. The van der Waals surface area contributed by atoms with E-state index in [2.05, 4.69) is 5.32 Å². The number of hydrogen-bond acceptors (Lipinski definition) is 5. The summed E-state index contributed by atoms with van der Waals surface area (Å²) in [6, 6.07) is 5.43. The summed E-state index contributed by atoms with van der Waals surface area (Å²) in [5.41, 5.74) is 6.97. The number of benzene rings is 1. The lowest BCUT2D eigenvalue weighted by molar-refractivity contribution is -0.137. The van der Waals surface area contributed by atoms with Gasteiger partial charge in [-0.3, -0.25) is 9.59 Å². The summed E-state index contributed by atoms with van der Waals surface area (Å²) in [4.78, 5) is 37.8. The van der Waals surface area contributed by atoms with Crippen LogP contribution in [0.15, 0.2) is 33.5 Å². The average molecular weight is 343 g/mol. The van der Waals surface area contributed by atoms with E-state index in [1.165, 1.54) is 11.0 Å². The number of hydrogen-bond donors (Lipinski definition) is 2. The number of nitrogens with zero attached hydrogens (tertiary/aromatic N) is 1. The Morgan fingerprint density at radius 1 is 1.36 bits per heavy atom. The SMILES string of the molecule is Cc1cc(=O)oc2cc(NC(=O)[C@@H]3CCCN3C(=O)[C@H](C)N)ccc12. The van der Waals surface area contributed by atoms with Gasteiger partial charge in [-0.2, -0.15) is 0 Å². The summed E-state index contributed by atoms with van der Waals surface area (Å²) < 4.78 is 5.19. The highest BCUT2D eigenvalue weighted by Crippen LogP contribution is 2.23. The Bertz CT molecular complexity index is 888. The molecule has 1 aromatic heterocycles. The van der Waals surface area contributed by atoms with Crippen molar-refractivity contribution in [1.82, 2.24) is 4.90 Å². The van der Waals surface area contributed by atoms with Gasteiger partial charge in [0.15, 0.2) is 0 Å². The van der Waals surface area contributed by atoms with Crippen LogP contribution in [0, 0.1) is 6.92 Å². The molecule has 2 heterocycles. The minimum Gasteiger partial charge on any atom is -0.423 e. The molecule has 1 fully saturated rings. The highest BCUT2D eigenvalue weighted by atomic mass is 16.4. The fraction of sp³-hybridized carbons (Fsp3) is 0.389. The lowest BCUT2D eigenvalue weighted by atomic mass is 10.1. The molecule has 1 aliphatic heterocycles. The summed E-state index contributed by atoms with van der Waals surface area (Å²) in [5, 5.41) is 3.62. The Morgan fingerprint density at radius 2 is 2.12 bits per heavy atom. The van der Waals surface area contributed by atoms with Crippen molar-refractivity contribution in [2.24, 2.45) is 5.73 Å². The molecule has 132 valence electrons. The van der Waals surface area contributed by atoms with Crippen LogP contribution in [-0.2, 0) is 9.59 Å². The van der Waals surface area contributed by atoms with E-state index in [1.54, 1.807) is 25.1 Å². The number of amides is 2. The number of carbonyl (C=O) groups is 2. The van der Waals surface area contributed by atoms with Crippen molar-refractivity contribution in [3.05, 3.63) is 40.2 Å². The van der Waals surface area contributed by atoms with Crippen LogP contribution in [0.1, 0.15) is 25.3 Å². The van der Waals surface area contributed by atoms with E-state index in [-0.39, 0.29) is 11.8 Å². The van der Waals surface area contributed by atoms with Gasteiger partial charge in [0.1, 0.15) is 11.6 Å². The van der Waals surface area contributed by atoms with Gasteiger partial charge in [-0.25, -0.2) is 4.79 Å². The van der Waals surface area contributed by atoms with Gasteiger partial charge in [-0.15, -0.1) is 0 Å². The number of nitrogens with one attached hydrogen (secondary N) is 1. The minimum atomic E-state index is -0.633. The summed E-state index contributed by atoms with van der Waals surface area (Å²) in [7, 11) is 0. The first-order valence-electron chi connectivity index (χ1n) is 8.28. The van der Waals surface area contributed by atoms with Crippen LogP contribution >= 0.6 is 0 Å². The summed E-state index contributed by atoms with van der Waals surface area (Å²) in [6.07, 6.45) is 1.37. The van der Waals surface area contributed by atoms with Gasteiger partial charge in [-0.1, -0.05) is 0 Å². The number of aryl methyl sites for hydroxylation is 1. The van der Waals surface area contributed by atoms with Crippen LogP contribution in [0.25, 0.3) is 11.0 Å². The maximum absolute atomic E-state index is 12.6.